The summed E-state index contributed by atoms with van der Waals surface area (Å²) in [7, 11) is 2.82. The van der Waals surface area contributed by atoms with Gasteiger partial charge in [-0.05, 0) is 18.2 Å². The Labute approximate surface area is 116 Å². The Hall–Kier alpha value is -1.75. The largest absolute Gasteiger partial charge is 0.495 e. The van der Waals surface area contributed by atoms with E-state index in [9.17, 15) is 9.59 Å². The van der Waals surface area contributed by atoms with E-state index in [0.29, 0.717) is 23.5 Å². The van der Waals surface area contributed by atoms with E-state index in [1.807, 2.05) is 0 Å². The Morgan fingerprint density at radius 1 is 1.42 bits per heavy atom. The highest BCUT2D eigenvalue weighted by molar-refractivity contribution is 6.24. The minimum atomic E-state index is -0.460. The summed E-state index contributed by atoms with van der Waals surface area (Å²) in [4.78, 5) is 24.9. The second-order valence-corrected chi connectivity index (χ2v) is 4.80. The summed E-state index contributed by atoms with van der Waals surface area (Å²) >= 11 is 5.98. The highest BCUT2D eigenvalue weighted by Gasteiger charge is 2.31. The predicted molar refractivity (Wildman–Crippen MR) is 70.9 cm³/mol. The van der Waals surface area contributed by atoms with E-state index in [4.69, 9.17) is 16.3 Å². The highest BCUT2D eigenvalue weighted by atomic mass is 35.5. The molecule has 0 radical (unpaired) electrons. The first-order valence-corrected chi connectivity index (χ1v) is 6.21. The summed E-state index contributed by atoms with van der Waals surface area (Å²) in [5.74, 6) is -0.0231. The Kier molecular flexibility index (Phi) is 3.95. The van der Waals surface area contributed by atoms with Gasteiger partial charge >= 0.3 is 5.97 Å². The molecule has 1 aromatic carbocycles. The van der Waals surface area contributed by atoms with E-state index < -0.39 is 5.97 Å². The molecule has 0 spiro atoms. The number of halogens is 1. The van der Waals surface area contributed by atoms with E-state index >= 15 is 0 Å². The molecule has 19 heavy (non-hydrogen) atoms. The molecule has 1 unspecified atom stereocenters. The zero-order valence-electron chi connectivity index (χ0n) is 10.7. The molecule has 5 nitrogen and oxygen atoms in total. The fraction of sp³-hybridized carbons (Fsp3) is 0.385. The van der Waals surface area contributed by atoms with Crippen LogP contribution in [0, 0.1) is 0 Å². The lowest BCUT2D eigenvalue weighted by atomic mass is 10.1. The number of amides is 1. The van der Waals surface area contributed by atoms with Crippen LogP contribution in [0.1, 0.15) is 16.8 Å². The minimum absolute atomic E-state index is 0.0830. The van der Waals surface area contributed by atoms with Crippen LogP contribution in [0.5, 0.6) is 5.75 Å². The Balaban J connectivity index is 2.42. The number of hydrogen-bond acceptors (Lipinski definition) is 4. The van der Waals surface area contributed by atoms with Gasteiger partial charge in [0.1, 0.15) is 5.75 Å². The smallest absolute Gasteiger partial charge is 0.337 e. The van der Waals surface area contributed by atoms with Crippen molar-refractivity contribution in [2.45, 2.75) is 11.8 Å². The number of anilines is 1. The SMILES string of the molecule is COC(=O)c1ccc(OC)c(N2CC(Cl)CC2=O)c1. The summed E-state index contributed by atoms with van der Waals surface area (Å²) in [6, 6.07) is 4.81. The number of ether oxygens (including phenoxy) is 2. The Morgan fingerprint density at radius 3 is 2.68 bits per heavy atom. The number of carbonyl (C=O) groups is 2. The zero-order valence-corrected chi connectivity index (χ0v) is 11.4. The maximum absolute atomic E-state index is 11.9. The quantitative estimate of drug-likeness (QED) is 0.627. The van der Waals surface area contributed by atoms with Crippen LogP contribution >= 0.6 is 11.6 Å². The molecule has 1 amide bonds. The average Bonchev–Trinajstić information content (AvgIpc) is 2.76. The number of rotatable bonds is 3. The molecule has 6 heteroatoms. The summed E-state index contributed by atoms with van der Waals surface area (Å²) in [5.41, 5.74) is 0.905. The van der Waals surface area contributed by atoms with E-state index in [2.05, 4.69) is 4.74 Å². The summed E-state index contributed by atoms with van der Waals surface area (Å²) in [6.07, 6.45) is 0.285. The third-order valence-electron chi connectivity index (χ3n) is 2.97. The van der Waals surface area contributed by atoms with Crippen LogP contribution in [0.15, 0.2) is 18.2 Å². The maximum Gasteiger partial charge on any atom is 0.337 e. The van der Waals surface area contributed by atoms with Gasteiger partial charge < -0.3 is 14.4 Å². The van der Waals surface area contributed by atoms with Crippen molar-refractivity contribution in [3.8, 4) is 5.75 Å². The monoisotopic (exact) mass is 283 g/mol. The third kappa shape index (κ3) is 2.66. The molecular formula is C13H14ClNO4. The van der Waals surface area contributed by atoms with Crippen molar-refractivity contribution >= 4 is 29.2 Å². The van der Waals surface area contributed by atoms with Crippen molar-refractivity contribution < 1.29 is 19.1 Å². The molecular weight excluding hydrogens is 270 g/mol. The van der Waals surface area contributed by atoms with Crippen molar-refractivity contribution in [3.63, 3.8) is 0 Å². The first-order valence-electron chi connectivity index (χ1n) is 5.77. The van der Waals surface area contributed by atoms with Crippen LogP contribution in [0.2, 0.25) is 0 Å². The second-order valence-electron chi connectivity index (χ2n) is 4.18. The van der Waals surface area contributed by atoms with Gasteiger partial charge in [-0.2, -0.15) is 0 Å². The molecule has 0 aliphatic carbocycles. The van der Waals surface area contributed by atoms with Gasteiger partial charge in [0.15, 0.2) is 0 Å². The first-order chi connectivity index (χ1) is 9.06. The fourth-order valence-electron chi connectivity index (χ4n) is 2.04. The van der Waals surface area contributed by atoms with Gasteiger partial charge in [0.05, 0.1) is 30.8 Å². The molecule has 1 fully saturated rings. The number of carbonyl (C=O) groups excluding carboxylic acids is 2. The lowest BCUT2D eigenvalue weighted by Crippen LogP contribution is -2.25. The normalized spacial score (nSPS) is 18.6. The summed E-state index contributed by atoms with van der Waals surface area (Å²) in [5, 5.41) is -0.223. The van der Waals surface area contributed by atoms with E-state index in [1.54, 1.807) is 18.2 Å². The minimum Gasteiger partial charge on any atom is -0.495 e. The molecule has 2 rings (SSSR count). The lowest BCUT2D eigenvalue weighted by Gasteiger charge is -2.19. The van der Waals surface area contributed by atoms with Crippen molar-refractivity contribution in [1.82, 2.24) is 0 Å². The molecule has 1 heterocycles. The van der Waals surface area contributed by atoms with Gasteiger partial charge in [-0.15, -0.1) is 11.6 Å². The average molecular weight is 284 g/mol. The van der Waals surface area contributed by atoms with Gasteiger partial charge in [-0.1, -0.05) is 0 Å². The molecule has 0 aromatic heterocycles. The van der Waals surface area contributed by atoms with Crippen LogP contribution in [0.25, 0.3) is 0 Å². The number of hydrogen-bond donors (Lipinski definition) is 0. The number of alkyl halides is 1. The van der Waals surface area contributed by atoms with Crippen LogP contribution < -0.4 is 9.64 Å². The van der Waals surface area contributed by atoms with Crippen LogP contribution in [-0.2, 0) is 9.53 Å². The Morgan fingerprint density at radius 2 is 2.16 bits per heavy atom. The van der Waals surface area contributed by atoms with E-state index in [-0.39, 0.29) is 17.7 Å². The molecule has 1 aromatic rings. The van der Waals surface area contributed by atoms with Crippen LogP contribution in [0.4, 0.5) is 5.69 Å². The van der Waals surface area contributed by atoms with Gasteiger partial charge in [0.2, 0.25) is 5.91 Å². The van der Waals surface area contributed by atoms with Crippen LogP contribution in [0.3, 0.4) is 0 Å². The Bertz CT molecular complexity index is 517. The molecule has 1 atom stereocenters. The van der Waals surface area contributed by atoms with Crippen molar-refractivity contribution in [1.29, 1.82) is 0 Å². The zero-order chi connectivity index (χ0) is 14.0. The van der Waals surface area contributed by atoms with E-state index in [0.717, 1.165) is 0 Å². The molecule has 1 aliphatic heterocycles. The van der Waals surface area contributed by atoms with Crippen molar-refractivity contribution in [3.05, 3.63) is 23.8 Å². The van der Waals surface area contributed by atoms with Crippen molar-refractivity contribution in [2.75, 3.05) is 25.7 Å². The highest BCUT2D eigenvalue weighted by Crippen LogP contribution is 2.33. The molecule has 0 bridgehead atoms. The lowest BCUT2D eigenvalue weighted by molar-refractivity contribution is -0.117. The van der Waals surface area contributed by atoms with Gasteiger partial charge in [-0.3, -0.25) is 4.79 Å². The molecule has 102 valence electrons. The van der Waals surface area contributed by atoms with Gasteiger partial charge in [0.25, 0.3) is 0 Å². The number of methoxy groups -OCH3 is 2. The van der Waals surface area contributed by atoms with Gasteiger partial charge in [0, 0.05) is 13.0 Å². The van der Waals surface area contributed by atoms with E-state index in [1.165, 1.54) is 19.1 Å². The number of benzene rings is 1. The number of nitrogens with zero attached hydrogens (tertiary/aromatic N) is 1. The summed E-state index contributed by atoms with van der Waals surface area (Å²) in [6.45, 7) is 0.404. The first kappa shape index (κ1) is 13.7. The third-order valence-corrected chi connectivity index (χ3v) is 3.26. The van der Waals surface area contributed by atoms with Gasteiger partial charge in [-0.25, -0.2) is 4.79 Å². The number of esters is 1. The molecule has 0 N–H and O–H groups in total. The molecule has 1 saturated heterocycles. The molecule has 1 aliphatic rings. The fourth-order valence-corrected chi connectivity index (χ4v) is 2.31. The predicted octanol–water partition coefficient (Wildman–Crippen LogP) is 1.83. The van der Waals surface area contributed by atoms with Crippen LogP contribution in [-0.4, -0.2) is 38.0 Å². The maximum atomic E-state index is 11.9. The standard InChI is InChI=1S/C13H14ClNO4/c1-18-11-4-3-8(13(17)19-2)5-10(11)15-7-9(14)6-12(15)16/h3-5,9H,6-7H2,1-2H3. The topological polar surface area (TPSA) is 55.8 Å². The van der Waals surface area contributed by atoms with Crippen molar-refractivity contribution in [2.24, 2.45) is 0 Å². The summed E-state index contributed by atoms with van der Waals surface area (Å²) < 4.78 is 9.89. The molecule has 0 saturated carbocycles. The second kappa shape index (κ2) is 5.48.